The number of allylic oxidation sites excluding steroid dienone is 4. The highest BCUT2D eigenvalue weighted by atomic mass is 79.9. The van der Waals surface area contributed by atoms with Gasteiger partial charge in [-0.3, -0.25) is 10.1 Å². The highest BCUT2D eigenvalue weighted by Gasteiger charge is 2.67. The van der Waals surface area contributed by atoms with Crippen LogP contribution in [0.4, 0.5) is 4.79 Å². The van der Waals surface area contributed by atoms with Gasteiger partial charge in [-0.1, -0.05) is 48.2 Å². The Morgan fingerprint density at radius 2 is 2.04 bits per heavy atom. The Morgan fingerprint density at radius 1 is 1.30 bits per heavy atom. The molecular weight excluding hydrogens is 408 g/mol. The first kappa shape index (κ1) is 19.4. The van der Waals surface area contributed by atoms with Crippen LogP contribution in [-0.2, 0) is 10.3 Å². The van der Waals surface area contributed by atoms with Gasteiger partial charge in [-0.15, -0.1) is 0 Å². The summed E-state index contributed by atoms with van der Waals surface area (Å²) >= 11 is 3.46. The molecule has 27 heavy (non-hydrogen) atoms. The third-order valence-electron chi connectivity index (χ3n) is 5.63. The second-order valence-electron chi connectivity index (χ2n) is 6.87. The minimum atomic E-state index is -1.26. The maximum atomic E-state index is 13.0. The Hall–Kier alpha value is -2.34. The Bertz CT molecular complexity index is 876. The molecule has 0 radical (unpaired) electrons. The van der Waals surface area contributed by atoms with Crippen LogP contribution in [0.15, 0.2) is 59.1 Å². The summed E-state index contributed by atoms with van der Waals surface area (Å²) in [4.78, 5) is 25.1. The zero-order chi connectivity index (χ0) is 19.8. The molecule has 0 bridgehead atoms. The minimum absolute atomic E-state index is 0.379. The van der Waals surface area contributed by atoms with Gasteiger partial charge >= 0.3 is 6.03 Å². The molecule has 2 heterocycles. The molecule has 1 fully saturated rings. The Morgan fingerprint density at radius 3 is 2.59 bits per heavy atom. The molecule has 0 aliphatic carbocycles. The molecular formula is C21H23BrN2O3. The quantitative estimate of drug-likeness (QED) is 0.515. The molecule has 2 aliphatic heterocycles. The SMILES string of the molecule is C=C/C(C)=C(\C=C)CCC1(CC)Oc2ccc(Br)cc2C12NC(=O)NC2=O. The Labute approximate surface area is 167 Å². The van der Waals surface area contributed by atoms with Gasteiger partial charge in [0.1, 0.15) is 11.4 Å². The fourth-order valence-electron chi connectivity index (χ4n) is 4.06. The lowest BCUT2D eigenvalue weighted by Crippen LogP contribution is -2.61. The molecule has 1 aromatic carbocycles. The first-order valence-electron chi connectivity index (χ1n) is 8.91. The summed E-state index contributed by atoms with van der Waals surface area (Å²) in [6.45, 7) is 11.7. The fourth-order valence-corrected chi connectivity index (χ4v) is 4.42. The van der Waals surface area contributed by atoms with Gasteiger partial charge < -0.3 is 10.1 Å². The summed E-state index contributed by atoms with van der Waals surface area (Å²) in [5.41, 5.74) is 0.586. The van der Waals surface area contributed by atoms with Crippen LogP contribution in [0, 0.1) is 0 Å². The van der Waals surface area contributed by atoms with Crippen LogP contribution in [-0.4, -0.2) is 17.5 Å². The number of carbonyl (C=O) groups is 2. The van der Waals surface area contributed by atoms with Gasteiger partial charge in [-0.25, -0.2) is 4.79 Å². The minimum Gasteiger partial charge on any atom is -0.483 e. The molecule has 1 saturated heterocycles. The fraction of sp³-hybridized carbons (Fsp3) is 0.333. The van der Waals surface area contributed by atoms with E-state index in [9.17, 15) is 9.59 Å². The first-order chi connectivity index (χ1) is 12.8. The lowest BCUT2D eigenvalue weighted by Gasteiger charge is -2.39. The average molecular weight is 431 g/mol. The molecule has 5 nitrogen and oxygen atoms in total. The smallest absolute Gasteiger partial charge is 0.322 e. The van der Waals surface area contributed by atoms with Crippen molar-refractivity contribution < 1.29 is 14.3 Å². The summed E-state index contributed by atoms with van der Waals surface area (Å²) in [6, 6.07) is 5.03. The van der Waals surface area contributed by atoms with E-state index in [1.54, 1.807) is 12.2 Å². The van der Waals surface area contributed by atoms with Crippen LogP contribution < -0.4 is 15.4 Å². The molecule has 2 atom stereocenters. The highest BCUT2D eigenvalue weighted by molar-refractivity contribution is 9.10. The largest absolute Gasteiger partial charge is 0.483 e. The van der Waals surface area contributed by atoms with E-state index >= 15 is 0 Å². The lowest BCUT2D eigenvalue weighted by atomic mass is 9.71. The van der Waals surface area contributed by atoms with Crippen molar-refractivity contribution in [2.45, 2.75) is 44.2 Å². The maximum Gasteiger partial charge on any atom is 0.322 e. The van der Waals surface area contributed by atoms with Gasteiger partial charge in [-0.05, 0) is 55.5 Å². The predicted octanol–water partition coefficient (Wildman–Crippen LogP) is 4.49. The maximum absolute atomic E-state index is 13.0. The van der Waals surface area contributed by atoms with Crippen molar-refractivity contribution in [3.8, 4) is 5.75 Å². The van der Waals surface area contributed by atoms with Crippen molar-refractivity contribution in [2.75, 3.05) is 0 Å². The van der Waals surface area contributed by atoms with Gasteiger partial charge in [0.2, 0.25) is 0 Å². The zero-order valence-corrected chi connectivity index (χ0v) is 17.1. The van der Waals surface area contributed by atoms with E-state index in [0.717, 1.165) is 15.6 Å². The van der Waals surface area contributed by atoms with Crippen LogP contribution in [0.1, 0.15) is 38.7 Å². The standard InChI is InChI=1S/C21H23BrN2O3/c1-5-13(4)14(6-2)10-11-20(7-3)21(18(25)23-19(26)24-21)16-12-15(22)8-9-17(16)27-20/h5-6,8-9,12H,1-2,7,10-11H2,3-4H3,(H2,23,24,25,26)/b14-13+. The van der Waals surface area contributed by atoms with Crippen LogP contribution in [0.2, 0.25) is 0 Å². The second-order valence-corrected chi connectivity index (χ2v) is 7.78. The van der Waals surface area contributed by atoms with Crippen molar-refractivity contribution in [3.63, 3.8) is 0 Å². The lowest BCUT2D eigenvalue weighted by molar-refractivity contribution is -0.132. The monoisotopic (exact) mass is 430 g/mol. The number of hydrogen-bond acceptors (Lipinski definition) is 3. The molecule has 142 valence electrons. The number of urea groups is 1. The number of ether oxygens (including phenoxy) is 1. The van der Waals surface area contributed by atoms with E-state index < -0.39 is 17.2 Å². The van der Waals surface area contributed by atoms with E-state index in [0.29, 0.717) is 30.6 Å². The number of nitrogens with one attached hydrogen (secondary N) is 2. The van der Waals surface area contributed by atoms with Gasteiger partial charge in [0.15, 0.2) is 5.54 Å². The summed E-state index contributed by atoms with van der Waals surface area (Å²) in [7, 11) is 0. The van der Waals surface area contributed by atoms with Crippen molar-refractivity contribution in [2.24, 2.45) is 0 Å². The zero-order valence-electron chi connectivity index (χ0n) is 15.5. The number of halogens is 1. The summed E-state index contributed by atoms with van der Waals surface area (Å²) in [6.07, 6.45) is 5.33. The van der Waals surface area contributed by atoms with E-state index in [1.807, 2.05) is 32.0 Å². The van der Waals surface area contributed by atoms with Crippen molar-refractivity contribution in [3.05, 3.63) is 64.7 Å². The number of rotatable bonds is 6. The van der Waals surface area contributed by atoms with Gasteiger partial charge in [-0.2, -0.15) is 0 Å². The van der Waals surface area contributed by atoms with Crippen LogP contribution in [0.25, 0.3) is 0 Å². The molecule has 6 heteroatoms. The molecule has 2 unspecified atom stereocenters. The van der Waals surface area contributed by atoms with Gasteiger partial charge in [0.25, 0.3) is 5.91 Å². The molecule has 0 aromatic heterocycles. The van der Waals surface area contributed by atoms with E-state index in [-0.39, 0.29) is 5.91 Å². The number of fused-ring (bicyclic) bond motifs is 2. The van der Waals surface area contributed by atoms with Crippen LogP contribution >= 0.6 is 15.9 Å². The number of carbonyl (C=O) groups excluding carboxylic acids is 2. The highest BCUT2D eigenvalue weighted by Crippen LogP contribution is 2.53. The van der Waals surface area contributed by atoms with Crippen molar-refractivity contribution >= 4 is 27.9 Å². The molecule has 1 aromatic rings. The molecule has 2 aliphatic rings. The molecule has 2 N–H and O–H groups in total. The van der Waals surface area contributed by atoms with Crippen molar-refractivity contribution in [1.29, 1.82) is 0 Å². The number of imide groups is 1. The summed E-state index contributed by atoms with van der Waals surface area (Å²) in [5, 5.41) is 5.28. The predicted molar refractivity (Wildman–Crippen MR) is 108 cm³/mol. The number of amides is 3. The first-order valence-corrected chi connectivity index (χ1v) is 9.70. The second kappa shape index (κ2) is 7.00. The number of hydrogen-bond donors (Lipinski definition) is 2. The Kier molecular flexibility index (Phi) is 5.04. The Balaban J connectivity index is 2.11. The number of benzene rings is 1. The van der Waals surface area contributed by atoms with E-state index in [2.05, 4.69) is 39.7 Å². The molecule has 0 saturated carbocycles. The third kappa shape index (κ3) is 2.83. The van der Waals surface area contributed by atoms with Gasteiger partial charge in [0.05, 0.1) is 0 Å². The van der Waals surface area contributed by atoms with E-state index in [4.69, 9.17) is 4.74 Å². The van der Waals surface area contributed by atoms with Gasteiger partial charge in [0, 0.05) is 10.0 Å². The van der Waals surface area contributed by atoms with Crippen LogP contribution in [0.5, 0.6) is 5.75 Å². The van der Waals surface area contributed by atoms with Crippen LogP contribution in [0.3, 0.4) is 0 Å². The topological polar surface area (TPSA) is 67.4 Å². The normalized spacial score (nSPS) is 26.8. The van der Waals surface area contributed by atoms with E-state index in [1.165, 1.54) is 0 Å². The third-order valence-corrected chi connectivity index (χ3v) is 6.12. The average Bonchev–Trinajstić information content (AvgIpc) is 3.10. The molecule has 3 amide bonds. The summed E-state index contributed by atoms with van der Waals surface area (Å²) < 4.78 is 7.20. The van der Waals surface area contributed by atoms with Crippen molar-refractivity contribution in [1.82, 2.24) is 10.6 Å². The molecule has 1 spiro atoms. The summed E-state index contributed by atoms with van der Waals surface area (Å²) in [5.74, 6) is 0.234. The molecule has 3 rings (SSSR count).